The maximum atomic E-state index is 5.44. The molecule has 0 unspecified atom stereocenters. The van der Waals surface area contributed by atoms with E-state index < -0.39 is 0 Å². The highest BCUT2D eigenvalue weighted by molar-refractivity contribution is 14.0. The first-order valence-electron chi connectivity index (χ1n) is 9.64. The number of nitrogens with zero attached hydrogens (tertiary/aromatic N) is 2. The van der Waals surface area contributed by atoms with Crippen LogP contribution in [0.3, 0.4) is 0 Å². The summed E-state index contributed by atoms with van der Waals surface area (Å²) in [7, 11) is 3.57. The zero-order chi connectivity index (χ0) is 18.5. The smallest absolute Gasteiger partial charge is 0.191 e. The zero-order valence-electron chi connectivity index (χ0n) is 16.7. The predicted octanol–water partition coefficient (Wildman–Crippen LogP) is 2.62. The summed E-state index contributed by atoms with van der Waals surface area (Å²) in [6, 6.07) is 8.64. The first-order valence-corrected chi connectivity index (χ1v) is 9.64. The summed E-state index contributed by atoms with van der Waals surface area (Å²) in [6.45, 7) is 7.22. The Hall–Kier alpha value is -0.900. The third kappa shape index (κ3) is 9.73. The molecule has 0 amide bonds. The van der Waals surface area contributed by atoms with Crippen molar-refractivity contribution in [3.8, 4) is 0 Å². The van der Waals surface area contributed by atoms with Crippen LogP contribution in [0.2, 0.25) is 0 Å². The second-order valence-corrected chi connectivity index (χ2v) is 6.56. The number of hydrogen-bond donors (Lipinski definition) is 2. The number of aliphatic imine (C=N–C) groups is 1. The van der Waals surface area contributed by atoms with Crippen molar-refractivity contribution in [2.45, 2.75) is 32.4 Å². The lowest BCUT2D eigenvalue weighted by Gasteiger charge is -2.27. The van der Waals surface area contributed by atoms with Crippen LogP contribution in [0.25, 0.3) is 0 Å². The molecule has 0 spiro atoms. The van der Waals surface area contributed by atoms with Crippen LogP contribution in [0.5, 0.6) is 0 Å². The molecule has 0 aliphatic carbocycles. The fourth-order valence-electron chi connectivity index (χ4n) is 3.04. The van der Waals surface area contributed by atoms with Gasteiger partial charge in [0.1, 0.15) is 0 Å². The van der Waals surface area contributed by atoms with Gasteiger partial charge in [0.25, 0.3) is 0 Å². The Balaban J connectivity index is 0.00000364. The van der Waals surface area contributed by atoms with Gasteiger partial charge in [0.15, 0.2) is 5.96 Å². The van der Waals surface area contributed by atoms with E-state index in [4.69, 9.17) is 9.47 Å². The predicted molar refractivity (Wildman–Crippen MR) is 122 cm³/mol. The van der Waals surface area contributed by atoms with E-state index in [0.29, 0.717) is 0 Å². The van der Waals surface area contributed by atoms with Gasteiger partial charge in [-0.25, -0.2) is 0 Å². The van der Waals surface area contributed by atoms with Gasteiger partial charge in [-0.15, -0.1) is 24.0 Å². The molecular weight excluding hydrogens is 455 g/mol. The van der Waals surface area contributed by atoms with Crippen LogP contribution in [0.15, 0.2) is 29.3 Å². The van der Waals surface area contributed by atoms with Gasteiger partial charge in [0.2, 0.25) is 0 Å². The second-order valence-electron chi connectivity index (χ2n) is 6.56. The zero-order valence-corrected chi connectivity index (χ0v) is 19.0. The Morgan fingerprint density at radius 2 is 1.85 bits per heavy atom. The fourth-order valence-corrected chi connectivity index (χ4v) is 3.04. The molecule has 27 heavy (non-hydrogen) atoms. The minimum absolute atomic E-state index is 0. The molecule has 1 aliphatic rings. The van der Waals surface area contributed by atoms with Crippen molar-refractivity contribution >= 4 is 29.9 Å². The van der Waals surface area contributed by atoms with E-state index in [1.54, 1.807) is 7.11 Å². The maximum Gasteiger partial charge on any atom is 0.191 e. The number of methoxy groups -OCH3 is 1. The van der Waals surface area contributed by atoms with Gasteiger partial charge in [-0.1, -0.05) is 24.3 Å². The number of unbranched alkanes of at least 4 members (excludes halogenated alkanes) is 2. The monoisotopic (exact) mass is 490 g/mol. The Bertz CT molecular complexity index is 536. The molecule has 0 saturated carbocycles. The molecule has 0 atom stereocenters. The quantitative estimate of drug-likeness (QED) is 0.229. The first-order chi connectivity index (χ1) is 12.8. The van der Waals surface area contributed by atoms with Crippen LogP contribution in [-0.2, 0) is 22.6 Å². The van der Waals surface area contributed by atoms with Gasteiger partial charge in [-0.2, -0.15) is 0 Å². The maximum absolute atomic E-state index is 5.44. The van der Waals surface area contributed by atoms with Gasteiger partial charge >= 0.3 is 0 Å². The Kier molecular flexibility index (Phi) is 13.5. The van der Waals surface area contributed by atoms with Crippen molar-refractivity contribution in [2.24, 2.45) is 4.99 Å². The lowest BCUT2D eigenvalue weighted by atomic mass is 10.1. The van der Waals surface area contributed by atoms with Crippen molar-refractivity contribution < 1.29 is 9.47 Å². The van der Waals surface area contributed by atoms with Gasteiger partial charge in [0.05, 0.1) is 13.2 Å². The number of nitrogens with one attached hydrogen (secondary N) is 2. The summed E-state index contributed by atoms with van der Waals surface area (Å²) >= 11 is 0. The minimum Gasteiger partial charge on any atom is -0.385 e. The Morgan fingerprint density at radius 3 is 2.56 bits per heavy atom. The molecule has 1 heterocycles. The average molecular weight is 490 g/mol. The standard InChI is InChI=1S/C20H34N4O2.HI/c1-21-20(22-10-6-3-7-13-25-2)23-16-18-8-4-5-9-19(18)17-24-11-14-26-15-12-24;/h4-5,8-9H,3,6-7,10-17H2,1-2H3,(H2,21,22,23);1H. The lowest BCUT2D eigenvalue weighted by Crippen LogP contribution is -2.38. The number of hydrogen-bond acceptors (Lipinski definition) is 4. The molecule has 6 nitrogen and oxygen atoms in total. The van der Waals surface area contributed by atoms with Crippen molar-refractivity contribution in [1.82, 2.24) is 15.5 Å². The molecular formula is C20H35IN4O2. The summed E-state index contributed by atoms with van der Waals surface area (Å²) in [5.74, 6) is 0.859. The number of halogens is 1. The van der Waals surface area contributed by atoms with E-state index in [0.717, 1.165) is 71.3 Å². The SMILES string of the molecule is CN=C(NCCCCCOC)NCc1ccccc1CN1CCOCC1.I. The molecule has 1 aliphatic heterocycles. The molecule has 2 N–H and O–H groups in total. The van der Waals surface area contributed by atoms with E-state index in [2.05, 4.69) is 44.8 Å². The van der Waals surface area contributed by atoms with Gasteiger partial charge < -0.3 is 20.1 Å². The largest absolute Gasteiger partial charge is 0.385 e. The molecule has 1 aromatic carbocycles. The summed E-state index contributed by atoms with van der Waals surface area (Å²) < 4.78 is 10.5. The number of rotatable bonds is 10. The summed E-state index contributed by atoms with van der Waals surface area (Å²) in [5, 5.41) is 6.82. The number of guanidine groups is 1. The molecule has 0 bridgehead atoms. The number of morpholine rings is 1. The highest BCUT2D eigenvalue weighted by atomic mass is 127. The van der Waals surface area contributed by atoms with E-state index in [9.17, 15) is 0 Å². The minimum atomic E-state index is 0. The van der Waals surface area contributed by atoms with Crippen LogP contribution in [0.1, 0.15) is 30.4 Å². The molecule has 154 valence electrons. The van der Waals surface area contributed by atoms with Crippen LogP contribution in [0, 0.1) is 0 Å². The van der Waals surface area contributed by atoms with Gasteiger partial charge in [-0.3, -0.25) is 9.89 Å². The van der Waals surface area contributed by atoms with E-state index >= 15 is 0 Å². The summed E-state index contributed by atoms with van der Waals surface area (Å²) in [5.41, 5.74) is 2.69. The van der Waals surface area contributed by atoms with Crippen LogP contribution < -0.4 is 10.6 Å². The van der Waals surface area contributed by atoms with Crippen molar-refractivity contribution in [1.29, 1.82) is 0 Å². The van der Waals surface area contributed by atoms with E-state index in [1.807, 2.05) is 7.05 Å². The molecule has 1 fully saturated rings. The van der Waals surface area contributed by atoms with Gasteiger partial charge in [-0.05, 0) is 30.4 Å². The normalized spacial score (nSPS) is 15.3. The molecule has 0 radical (unpaired) electrons. The first kappa shape index (κ1) is 24.1. The Morgan fingerprint density at radius 1 is 1.11 bits per heavy atom. The molecule has 1 aromatic rings. The topological polar surface area (TPSA) is 58.1 Å². The van der Waals surface area contributed by atoms with Crippen LogP contribution in [-0.4, -0.2) is 64.5 Å². The third-order valence-corrected chi connectivity index (χ3v) is 4.60. The van der Waals surface area contributed by atoms with E-state index in [-0.39, 0.29) is 24.0 Å². The van der Waals surface area contributed by atoms with Crippen molar-refractivity contribution in [3.05, 3.63) is 35.4 Å². The highest BCUT2D eigenvalue weighted by Crippen LogP contribution is 2.13. The highest BCUT2D eigenvalue weighted by Gasteiger charge is 2.12. The van der Waals surface area contributed by atoms with E-state index in [1.165, 1.54) is 17.5 Å². The van der Waals surface area contributed by atoms with Crippen molar-refractivity contribution in [2.75, 3.05) is 53.6 Å². The van der Waals surface area contributed by atoms with Crippen LogP contribution in [0.4, 0.5) is 0 Å². The molecule has 1 saturated heterocycles. The second kappa shape index (κ2) is 15.1. The molecule has 2 rings (SSSR count). The van der Waals surface area contributed by atoms with Crippen LogP contribution >= 0.6 is 24.0 Å². The fraction of sp³-hybridized carbons (Fsp3) is 0.650. The average Bonchev–Trinajstić information content (AvgIpc) is 2.69. The van der Waals surface area contributed by atoms with Gasteiger partial charge in [0, 0.05) is 53.5 Å². The summed E-state index contributed by atoms with van der Waals surface area (Å²) in [6.07, 6.45) is 3.40. The third-order valence-electron chi connectivity index (χ3n) is 4.60. The lowest BCUT2D eigenvalue weighted by molar-refractivity contribution is 0.0341. The number of ether oxygens (including phenoxy) is 2. The molecule has 7 heteroatoms. The Labute approximate surface area is 181 Å². The van der Waals surface area contributed by atoms with Crippen molar-refractivity contribution in [3.63, 3.8) is 0 Å². The number of benzene rings is 1. The molecule has 0 aromatic heterocycles. The summed E-state index contributed by atoms with van der Waals surface area (Å²) in [4.78, 5) is 6.78.